The van der Waals surface area contributed by atoms with Crippen LogP contribution in [0, 0.1) is 0 Å². The quantitative estimate of drug-likeness (QED) is 0.331. The lowest BCUT2D eigenvalue weighted by Gasteiger charge is -2.13. The zero-order valence-electron chi connectivity index (χ0n) is 15.5. The van der Waals surface area contributed by atoms with Crippen LogP contribution in [0.15, 0.2) is 88.6 Å². The van der Waals surface area contributed by atoms with Gasteiger partial charge in [0, 0.05) is 15.0 Å². The van der Waals surface area contributed by atoms with Crippen molar-refractivity contribution in [3.05, 3.63) is 89.2 Å². The molecule has 2 heterocycles. The zero-order chi connectivity index (χ0) is 19.8. The van der Waals surface area contributed by atoms with Crippen LogP contribution in [0.2, 0.25) is 0 Å². The molecule has 6 heteroatoms. The van der Waals surface area contributed by atoms with Gasteiger partial charge in [0.1, 0.15) is 16.0 Å². The lowest BCUT2D eigenvalue weighted by molar-refractivity contribution is 0.427. The standard InChI is InChI=1S/C23H16N2O2S2/c1-28-17-13-11-16(12-14-17)27-23-24-20-18-9-5-6-10-19(18)29-21(20)22(26)25(23)15-7-3-2-4-8-15/h2-14H,1H3. The molecule has 142 valence electrons. The maximum Gasteiger partial charge on any atom is 0.310 e. The number of hydrogen-bond donors (Lipinski definition) is 0. The third-order valence-corrected chi connectivity index (χ3v) is 6.54. The molecule has 3 aromatic carbocycles. The van der Waals surface area contributed by atoms with Crippen molar-refractivity contribution >= 4 is 43.4 Å². The Morgan fingerprint density at radius 2 is 1.66 bits per heavy atom. The highest BCUT2D eigenvalue weighted by molar-refractivity contribution is 7.98. The Hall–Kier alpha value is -3.09. The van der Waals surface area contributed by atoms with E-state index in [9.17, 15) is 4.79 Å². The van der Waals surface area contributed by atoms with E-state index in [1.807, 2.05) is 85.1 Å². The summed E-state index contributed by atoms with van der Waals surface area (Å²) < 4.78 is 9.32. The van der Waals surface area contributed by atoms with E-state index in [2.05, 4.69) is 0 Å². The Labute approximate surface area is 175 Å². The van der Waals surface area contributed by atoms with Crippen molar-refractivity contribution in [2.75, 3.05) is 6.26 Å². The average molecular weight is 417 g/mol. The average Bonchev–Trinajstić information content (AvgIpc) is 3.14. The van der Waals surface area contributed by atoms with Crippen molar-refractivity contribution in [3.63, 3.8) is 0 Å². The van der Waals surface area contributed by atoms with Crippen LogP contribution < -0.4 is 10.3 Å². The van der Waals surface area contributed by atoms with Crippen molar-refractivity contribution in [1.82, 2.24) is 9.55 Å². The number of thioether (sulfide) groups is 1. The van der Waals surface area contributed by atoms with Crippen molar-refractivity contribution in [3.8, 4) is 17.4 Å². The van der Waals surface area contributed by atoms with Crippen LogP contribution >= 0.6 is 23.1 Å². The molecule has 0 aliphatic carbocycles. The van der Waals surface area contributed by atoms with Gasteiger partial charge in [0.15, 0.2) is 0 Å². The molecular formula is C23H16N2O2S2. The summed E-state index contributed by atoms with van der Waals surface area (Å²) in [7, 11) is 0. The minimum atomic E-state index is -0.127. The molecule has 5 rings (SSSR count). The second-order valence-electron chi connectivity index (χ2n) is 6.42. The van der Waals surface area contributed by atoms with Gasteiger partial charge in [-0.3, -0.25) is 4.79 Å². The molecule has 29 heavy (non-hydrogen) atoms. The van der Waals surface area contributed by atoms with Gasteiger partial charge in [-0.25, -0.2) is 4.57 Å². The van der Waals surface area contributed by atoms with Gasteiger partial charge >= 0.3 is 6.01 Å². The van der Waals surface area contributed by atoms with E-state index in [1.165, 1.54) is 11.3 Å². The highest BCUT2D eigenvalue weighted by Crippen LogP contribution is 2.33. The first-order valence-electron chi connectivity index (χ1n) is 9.06. The highest BCUT2D eigenvalue weighted by Gasteiger charge is 2.18. The first-order chi connectivity index (χ1) is 14.2. The smallest absolute Gasteiger partial charge is 0.310 e. The van der Waals surface area contributed by atoms with Gasteiger partial charge < -0.3 is 4.74 Å². The molecule has 0 radical (unpaired) electrons. The highest BCUT2D eigenvalue weighted by atomic mass is 32.2. The van der Waals surface area contributed by atoms with Crippen LogP contribution in [-0.4, -0.2) is 15.8 Å². The molecule has 2 aromatic heterocycles. The lowest BCUT2D eigenvalue weighted by atomic mass is 10.2. The van der Waals surface area contributed by atoms with Gasteiger partial charge in [0.2, 0.25) is 0 Å². The predicted octanol–water partition coefficient (Wildman–Crippen LogP) is 6.11. The summed E-state index contributed by atoms with van der Waals surface area (Å²) >= 11 is 3.13. The summed E-state index contributed by atoms with van der Waals surface area (Å²) in [5.41, 5.74) is 1.27. The molecule has 0 fully saturated rings. The molecule has 0 saturated heterocycles. The van der Waals surface area contributed by atoms with Crippen LogP contribution in [0.3, 0.4) is 0 Å². The van der Waals surface area contributed by atoms with E-state index in [0.29, 0.717) is 16.0 Å². The van der Waals surface area contributed by atoms with Gasteiger partial charge in [-0.2, -0.15) is 4.98 Å². The molecule has 0 aliphatic heterocycles. The number of aromatic nitrogens is 2. The Morgan fingerprint density at radius 1 is 0.931 bits per heavy atom. The van der Waals surface area contributed by atoms with Crippen LogP contribution in [0.5, 0.6) is 11.8 Å². The van der Waals surface area contributed by atoms with E-state index in [1.54, 1.807) is 16.3 Å². The van der Waals surface area contributed by atoms with E-state index in [4.69, 9.17) is 9.72 Å². The number of fused-ring (bicyclic) bond motifs is 3. The van der Waals surface area contributed by atoms with E-state index in [0.717, 1.165) is 20.7 Å². The van der Waals surface area contributed by atoms with Gasteiger partial charge in [-0.05, 0) is 48.7 Å². The van der Waals surface area contributed by atoms with E-state index in [-0.39, 0.29) is 11.6 Å². The minimum Gasteiger partial charge on any atom is -0.425 e. The fourth-order valence-corrected chi connectivity index (χ4v) is 4.72. The fraction of sp³-hybridized carbons (Fsp3) is 0.0435. The maximum atomic E-state index is 13.5. The number of hydrogen-bond acceptors (Lipinski definition) is 5. The second-order valence-corrected chi connectivity index (χ2v) is 8.36. The van der Waals surface area contributed by atoms with Crippen molar-refractivity contribution in [2.45, 2.75) is 4.90 Å². The number of benzene rings is 3. The Balaban J connectivity index is 1.77. The maximum absolute atomic E-state index is 13.5. The summed E-state index contributed by atoms with van der Waals surface area (Å²) in [4.78, 5) is 19.4. The topological polar surface area (TPSA) is 44.1 Å². The SMILES string of the molecule is CSc1ccc(Oc2nc3c(sc4ccccc43)c(=O)n2-c2ccccc2)cc1. The molecule has 0 N–H and O–H groups in total. The van der Waals surface area contributed by atoms with Crippen molar-refractivity contribution in [2.24, 2.45) is 0 Å². The van der Waals surface area contributed by atoms with Gasteiger partial charge in [-0.1, -0.05) is 36.4 Å². The molecule has 0 bridgehead atoms. The van der Waals surface area contributed by atoms with Crippen LogP contribution in [0.25, 0.3) is 26.0 Å². The Bertz CT molecular complexity index is 1370. The van der Waals surface area contributed by atoms with Crippen LogP contribution in [0.1, 0.15) is 0 Å². The molecule has 0 atom stereocenters. The summed E-state index contributed by atoms with van der Waals surface area (Å²) in [5.74, 6) is 0.637. The van der Waals surface area contributed by atoms with Crippen molar-refractivity contribution < 1.29 is 4.74 Å². The van der Waals surface area contributed by atoms with E-state index >= 15 is 0 Å². The lowest BCUT2D eigenvalue weighted by Crippen LogP contribution is -2.20. The summed E-state index contributed by atoms with van der Waals surface area (Å²) in [5, 5.41) is 0.965. The third-order valence-electron chi connectivity index (χ3n) is 4.65. The number of ether oxygens (including phenoxy) is 1. The molecule has 0 unspecified atom stereocenters. The van der Waals surface area contributed by atoms with Crippen LogP contribution in [-0.2, 0) is 0 Å². The first kappa shape index (κ1) is 18.0. The van der Waals surface area contributed by atoms with Crippen molar-refractivity contribution in [1.29, 1.82) is 0 Å². The monoisotopic (exact) mass is 416 g/mol. The minimum absolute atomic E-state index is 0.127. The number of nitrogens with zero attached hydrogens (tertiary/aromatic N) is 2. The number of rotatable bonds is 4. The number of para-hydroxylation sites is 1. The van der Waals surface area contributed by atoms with Gasteiger partial charge in [-0.15, -0.1) is 23.1 Å². The summed E-state index contributed by atoms with van der Waals surface area (Å²) in [6, 6.07) is 25.4. The molecule has 5 aromatic rings. The van der Waals surface area contributed by atoms with Crippen LogP contribution in [0.4, 0.5) is 0 Å². The first-order valence-corrected chi connectivity index (χ1v) is 11.1. The predicted molar refractivity (Wildman–Crippen MR) is 121 cm³/mol. The van der Waals surface area contributed by atoms with Gasteiger partial charge in [0.25, 0.3) is 5.56 Å². The largest absolute Gasteiger partial charge is 0.425 e. The van der Waals surface area contributed by atoms with E-state index < -0.39 is 0 Å². The Morgan fingerprint density at radius 3 is 2.41 bits per heavy atom. The van der Waals surface area contributed by atoms with Gasteiger partial charge in [0.05, 0.1) is 5.69 Å². The molecular weight excluding hydrogens is 400 g/mol. The summed E-state index contributed by atoms with van der Waals surface area (Å²) in [6.07, 6.45) is 2.03. The normalized spacial score (nSPS) is 11.2. The summed E-state index contributed by atoms with van der Waals surface area (Å²) in [6.45, 7) is 0. The molecule has 0 saturated carbocycles. The molecule has 0 spiro atoms. The molecule has 0 aliphatic rings. The molecule has 4 nitrogen and oxygen atoms in total. The Kier molecular flexibility index (Phi) is 4.58. The number of thiophene rings is 1. The molecule has 0 amide bonds. The fourth-order valence-electron chi connectivity index (χ4n) is 3.24. The third kappa shape index (κ3) is 3.20. The zero-order valence-corrected chi connectivity index (χ0v) is 17.2. The second kappa shape index (κ2) is 7.39.